The van der Waals surface area contributed by atoms with Crippen LogP contribution in [0, 0.1) is 5.41 Å². The van der Waals surface area contributed by atoms with E-state index in [4.69, 9.17) is 0 Å². The molecule has 0 aromatic carbocycles. The number of hydrogen-bond donors (Lipinski definition) is 0. The lowest BCUT2D eigenvalue weighted by molar-refractivity contribution is 0.112. The number of anilines is 1. The zero-order valence-corrected chi connectivity index (χ0v) is 11.2. The van der Waals surface area contributed by atoms with Crippen molar-refractivity contribution in [2.24, 2.45) is 5.41 Å². The minimum Gasteiger partial charge on any atom is -0.337 e. The van der Waals surface area contributed by atoms with E-state index in [0.29, 0.717) is 11.5 Å². The van der Waals surface area contributed by atoms with E-state index in [1.165, 1.54) is 5.57 Å². The normalized spacial score (nSPS) is 16.4. The fraction of sp³-hybridized carbons (Fsp3) is 0.500. The molecular weight excluding hydrogens is 226 g/mol. The monoisotopic (exact) mass is 245 g/mol. The van der Waals surface area contributed by atoms with Gasteiger partial charge < -0.3 is 4.90 Å². The summed E-state index contributed by atoms with van der Waals surface area (Å²) in [7, 11) is 0. The summed E-state index contributed by atoms with van der Waals surface area (Å²) in [6.45, 7) is 8.49. The average molecular weight is 245 g/mol. The topological polar surface area (TPSA) is 46.1 Å². The number of carbonyl (C=O) groups excluding carboxylic acids is 1. The Morgan fingerprint density at radius 3 is 2.39 bits per heavy atom. The van der Waals surface area contributed by atoms with E-state index in [1.54, 1.807) is 12.4 Å². The van der Waals surface area contributed by atoms with Crippen LogP contribution in [0.3, 0.4) is 0 Å². The maximum absolute atomic E-state index is 10.5. The van der Waals surface area contributed by atoms with Crippen LogP contribution in [-0.4, -0.2) is 29.3 Å². The second-order valence-electron chi connectivity index (χ2n) is 5.61. The van der Waals surface area contributed by atoms with E-state index in [-0.39, 0.29) is 5.41 Å². The fourth-order valence-electron chi connectivity index (χ4n) is 2.09. The number of hydrogen-bond acceptors (Lipinski definition) is 4. The van der Waals surface area contributed by atoms with Crippen molar-refractivity contribution in [1.82, 2.24) is 9.97 Å². The van der Waals surface area contributed by atoms with Crippen LogP contribution < -0.4 is 4.90 Å². The molecule has 2 heterocycles. The number of rotatable bonds is 2. The van der Waals surface area contributed by atoms with Crippen molar-refractivity contribution in [2.75, 3.05) is 18.0 Å². The molecule has 0 fully saturated rings. The van der Waals surface area contributed by atoms with Gasteiger partial charge in [-0.25, -0.2) is 9.97 Å². The third-order valence-corrected chi connectivity index (χ3v) is 3.25. The minimum absolute atomic E-state index is 0.244. The van der Waals surface area contributed by atoms with E-state index < -0.39 is 0 Å². The molecular formula is C14H19N3O. The third kappa shape index (κ3) is 2.75. The summed E-state index contributed by atoms with van der Waals surface area (Å²) < 4.78 is 0. The molecule has 4 heteroatoms. The molecule has 0 atom stereocenters. The Labute approximate surface area is 108 Å². The maximum Gasteiger partial charge on any atom is 0.225 e. The molecule has 2 rings (SSSR count). The molecule has 0 bridgehead atoms. The van der Waals surface area contributed by atoms with Crippen LogP contribution in [0.5, 0.6) is 0 Å². The van der Waals surface area contributed by atoms with Gasteiger partial charge in [0.05, 0.1) is 5.56 Å². The Hall–Kier alpha value is -1.71. The molecule has 0 spiro atoms. The van der Waals surface area contributed by atoms with Crippen LogP contribution in [0.15, 0.2) is 24.0 Å². The van der Waals surface area contributed by atoms with Crippen molar-refractivity contribution in [3.05, 3.63) is 29.6 Å². The molecule has 0 aliphatic carbocycles. The summed E-state index contributed by atoms with van der Waals surface area (Å²) in [6.07, 6.45) is 7.21. The van der Waals surface area contributed by atoms with E-state index in [9.17, 15) is 4.79 Å². The van der Waals surface area contributed by atoms with Crippen molar-refractivity contribution in [3.8, 4) is 0 Å². The van der Waals surface area contributed by atoms with E-state index >= 15 is 0 Å². The highest BCUT2D eigenvalue weighted by molar-refractivity contribution is 5.73. The summed E-state index contributed by atoms with van der Waals surface area (Å²) in [6, 6.07) is 0. The summed E-state index contributed by atoms with van der Waals surface area (Å²) >= 11 is 0. The van der Waals surface area contributed by atoms with Gasteiger partial charge in [-0.15, -0.1) is 0 Å². The summed E-state index contributed by atoms with van der Waals surface area (Å²) in [4.78, 5) is 21.1. The second kappa shape index (κ2) is 4.88. The number of aromatic nitrogens is 2. The Morgan fingerprint density at radius 1 is 1.28 bits per heavy atom. The predicted molar refractivity (Wildman–Crippen MR) is 71.8 cm³/mol. The summed E-state index contributed by atoms with van der Waals surface area (Å²) in [5.41, 5.74) is 2.25. The van der Waals surface area contributed by atoms with Crippen molar-refractivity contribution in [1.29, 1.82) is 0 Å². The van der Waals surface area contributed by atoms with Crippen LogP contribution in [0.2, 0.25) is 0 Å². The highest BCUT2D eigenvalue weighted by Crippen LogP contribution is 2.30. The average Bonchev–Trinajstić information content (AvgIpc) is 2.38. The second-order valence-corrected chi connectivity index (χ2v) is 5.61. The first-order chi connectivity index (χ1) is 8.50. The Kier molecular flexibility index (Phi) is 3.45. The van der Waals surface area contributed by atoms with Gasteiger partial charge in [-0.1, -0.05) is 32.4 Å². The lowest BCUT2D eigenvalue weighted by Gasteiger charge is -2.32. The molecule has 1 aliphatic rings. The summed E-state index contributed by atoms with van der Waals surface area (Å²) in [5.74, 6) is 0.699. The lowest BCUT2D eigenvalue weighted by Crippen LogP contribution is -2.32. The fourth-order valence-corrected chi connectivity index (χ4v) is 2.09. The van der Waals surface area contributed by atoms with Crippen LogP contribution in [0.25, 0.3) is 0 Å². The zero-order valence-electron chi connectivity index (χ0n) is 11.2. The smallest absolute Gasteiger partial charge is 0.225 e. The van der Waals surface area contributed by atoms with Gasteiger partial charge in [0.1, 0.15) is 0 Å². The lowest BCUT2D eigenvalue weighted by atomic mass is 9.83. The molecule has 18 heavy (non-hydrogen) atoms. The minimum atomic E-state index is 0.244. The molecule has 4 nitrogen and oxygen atoms in total. The molecule has 0 radical (unpaired) electrons. The van der Waals surface area contributed by atoms with Gasteiger partial charge >= 0.3 is 0 Å². The first kappa shape index (κ1) is 12.7. The summed E-state index contributed by atoms with van der Waals surface area (Å²) in [5, 5.41) is 0. The predicted octanol–water partition coefficient (Wildman–Crippen LogP) is 2.47. The Bertz CT molecular complexity index is 457. The maximum atomic E-state index is 10.5. The van der Waals surface area contributed by atoms with Gasteiger partial charge in [0.15, 0.2) is 6.29 Å². The molecule has 0 saturated heterocycles. The standard InChI is InChI=1S/C14H19N3O/c1-14(2,3)12-4-6-17(7-5-12)13-15-8-11(10-18)9-16-13/h4,8-10H,5-7H2,1-3H3. The SMILES string of the molecule is CC(C)(C)C1=CCN(c2ncc(C=O)cn2)CC1. The van der Waals surface area contributed by atoms with Gasteiger partial charge in [-0.3, -0.25) is 4.79 Å². The van der Waals surface area contributed by atoms with Crippen LogP contribution in [0.1, 0.15) is 37.6 Å². The third-order valence-electron chi connectivity index (χ3n) is 3.25. The van der Waals surface area contributed by atoms with Crippen LogP contribution in [-0.2, 0) is 0 Å². The number of carbonyl (C=O) groups is 1. The van der Waals surface area contributed by atoms with E-state index in [2.05, 4.69) is 41.7 Å². The van der Waals surface area contributed by atoms with Gasteiger partial charge in [-0.2, -0.15) is 0 Å². The van der Waals surface area contributed by atoms with Crippen molar-refractivity contribution >= 4 is 12.2 Å². The van der Waals surface area contributed by atoms with E-state index in [1.807, 2.05) is 0 Å². The van der Waals surface area contributed by atoms with Gasteiger partial charge in [-0.05, 0) is 11.8 Å². The zero-order chi connectivity index (χ0) is 13.2. The molecule has 0 unspecified atom stereocenters. The highest BCUT2D eigenvalue weighted by atomic mass is 16.1. The van der Waals surface area contributed by atoms with Crippen molar-refractivity contribution in [3.63, 3.8) is 0 Å². The van der Waals surface area contributed by atoms with Crippen LogP contribution in [0.4, 0.5) is 5.95 Å². The number of nitrogens with zero attached hydrogens (tertiary/aromatic N) is 3. The first-order valence-electron chi connectivity index (χ1n) is 6.22. The Balaban J connectivity index is 2.09. The highest BCUT2D eigenvalue weighted by Gasteiger charge is 2.22. The molecule has 0 N–H and O–H groups in total. The molecule has 0 saturated carbocycles. The first-order valence-corrected chi connectivity index (χ1v) is 6.22. The number of aldehydes is 1. The molecule has 0 amide bonds. The van der Waals surface area contributed by atoms with Gasteiger partial charge in [0, 0.05) is 25.5 Å². The van der Waals surface area contributed by atoms with E-state index in [0.717, 1.165) is 25.8 Å². The van der Waals surface area contributed by atoms with Crippen LogP contribution >= 0.6 is 0 Å². The molecule has 1 aromatic rings. The quantitative estimate of drug-likeness (QED) is 0.593. The molecule has 1 aliphatic heterocycles. The largest absolute Gasteiger partial charge is 0.337 e. The van der Waals surface area contributed by atoms with Crippen molar-refractivity contribution < 1.29 is 4.79 Å². The van der Waals surface area contributed by atoms with Gasteiger partial charge in [0.2, 0.25) is 5.95 Å². The Morgan fingerprint density at radius 2 is 1.94 bits per heavy atom. The molecule has 96 valence electrons. The van der Waals surface area contributed by atoms with Crippen molar-refractivity contribution in [2.45, 2.75) is 27.2 Å². The molecule has 1 aromatic heterocycles. The van der Waals surface area contributed by atoms with Gasteiger partial charge in [0.25, 0.3) is 0 Å².